The summed E-state index contributed by atoms with van der Waals surface area (Å²) in [4.78, 5) is 10.0. The van der Waals surface area contributed by atoms with Gasteiger partial charge in [0.2, 0.25) is 0 Å². The minimum Gasteiger partial charge on any atom is -0.316 e. The molecule has 2 aliphatic rings. The maximum Gasteiger partial charge on any atom is 0.154 e. The van der Waals surface area contributed by atoms with Crippen molar-refractivity contribution in [1.82, 2.24) is 5.32 Å². The van der Waals surface area contributed by atoms with Crippen LogP contribution in [0, 0.1) is 6.92 Å². The molecule has 1 aromatic carbocycles. The Balaban J connectivity index is 1.96. The van der Waals surface area contributed by atoms with Crippen molar-refractivity contribution in [2.24, 2.45) is 9.98 Å². The van der Waals surface area contributed by atoms with Gasteiger partial charge in [-0.2, -0.15) is 0 Å². The van der Waals surface area contributed by atoms with Crippen LogP contribution in [0.4, 0.5) is 0 Å². The molecule has 0 aliphatic carbocycles. The molecule has 1 N–H and O–H groups in total. The van der Waals surface area contributed by atoms with Crippen molar-refractivity contribution in [3.8, 4) is 0 Å². The molecule has 0 radical (unpaired) electrons. The Hall–Kier alpha value is -1.13. The van der Waals surface area contributed by atoms with Gasteiger partial charge in [0, 0.05) is 18.4 Å². The first-order valence-electron chi connectivity index (χ1n) is 7.33. The molecule has 20 heavy (non-hydrogen) atoms. The van der Waals surface area contributed by atoms with E-state index in [-0.39, 0.29) is 5.66 Å². The Morgan fingerprint density at radius 1 is 1.15 bits per heavy atom. The molecular formula is C16H21N3S. The van der Waals surface area contributed by atoms with Gasteiger partial charge in [-0.15, -0.1) is 11.8 Å². The molecule has 0 aromatic heterocycles. The molecule has 106 valence electrons. The summed E-state index contributed by atoms with van der Waals surface area (Å²) in [6.07, 6.45) is 2.02. The molecule has 0 unspecified atom stereocenters. The highest BCUT2D eigenvalue weighted by Gasteiger charge is 2.37. The number of benzene rings is 1. The first-order chi connectivity index (χ1) is 9.72. The Kier molecular flexibility index (Phi) is 3.94. The second-order valence-corrected chi connectivity index (χ2v) is 6.66. The standard InChI is InChI=1S/C16H21N3S/c1-3-20-15-14(13-6-4-12(2)5-7-13)18-16(19-15)8-10-17-11-9-16/h4-7,17H,3,8-11H2,1-2H3. The number of nitrogens with one attached hydrogen (secondary N) is 1. The van der Waals surface area contributed by atoms with E-state index < -0.39 is 0 Å². The van der Waals surface area contributed by atoms with Crippen molar-refractivity contribution in [3.05, 3.63) is 35.4 Å². The van der Waals surface area contributed by atoms with E-state index in [1.165, 1.54) is 11.1 Å². The fraction of sp³-hybridized carbons (Fsp3) is 0.500. The summed E-state index contributed by atoms with van der Waals surface area (Å²) < 4.78 is 0. The van der Waals surface area contributed by atoms with Crippen LogP contribution in [0.1, 0.15) is 30.9 Å². The van der Waals surface area contributed by atoms with Gasteiger partial charge in [-0.1, -0.05) is 36.8 Å². The highest BCUT2D eigenvalue weighted by Crippen LogP contribution is 2.33. The van der Waals surface area contributed by atoms with E-state index in [0.717, 1.165) is 42.4 Å². The highest BCUT2D eigenvalue weighted by molar-refractivity contribution is 8.15. The summed E-state index contributed by atoms with van der Waals surface area (Å²) in [5.41, 5.74) is 3.39. The lowest BCUT2D eigenvalue weighted by molar-refractivity contribution is 0.332. The van der Waals surface area contributed by atoms with E-state index in [9.17, 15) is 0 Å². The van der Waals surface area contributed by atoms with Crippen molar-refractivity contribution in [3.63, 3.8) is 0 Å². The van der Waals surface area contributed by atoms with Gasteiger partial charge >= 0.3 is 0 Å². The van der Waals surface area contributed by atoms with E-state index in [4.69, 9.17) is 9.98 Å². The summed E-state index contributed by atoms with van der Waals surface area (Å²) in [5.74, 6) is 1.04. The van der Waals surface area contributed by atoms with E-state index in [2.05, 4.69) is 43.4 Å². The number of nitrogens with zero attached hydrogens (tertiary/aromatic N) is 2. The summed E-state index contributed by atoms with van der Waals surface area (Å²) in [7, 11) is 0. The number of aliphatic imine (C=N–C) groups is 2. The van der Waals surface area contributed by atoms with Crippen LogP contribution in [0.2, 0.25) is 0 Å². The molecule has 1 saturated heterocycles. The van der Waals surface area contributed by atoms with E-state index in [1.807, 2.05) is 11.8 Å². The predicted octanol–water partition coefficient (Wildman–Crippen LogP) is 3.03. The molecule has 2 heterocycles. The highest BCUT2D eigenvalue weighted by atomic mass is 32.2. The largest absolute Gasteiger partial charge is 0.316 e. The van der Waals surface area contributed by atoms with Crippen molar-refractivity contribution >= 4 is 22.5 Å². The van der Waals surface area contributed by atoms with Gasteiger partial charge < -0.3 is 5.32 Å². The molecule has 0 saturated carbocycles. The first kappa shape index (κ1) is 13.8. The summed E-state index contributed by atoms with van der Waals surface area (Å²) >= 11 is 1.81. The van der Waals surface area contributed by atoms with Crippen molar-refractivity contribution in [1.29, 1.82) is 0 Å². The summed E-state index contributed by atoms with van der Waals surface area (Å²) in [5, 5.41) is 4.52. The fourth-order valence-electron chi connectivity index (χ4n) is 2.71. The third kappa shape index (κ3) is 2.67. The third-order valence-corrected chi connectivity index (χ3v) is 4.69. The average Bonchev–Trinajstić information content (AvgIpc) is 2.79. The lowest BCUT2D eigenvalue weighted by Crippen LogP contribution is -2.38. The maximum atomic E-state index is 5.03. The van der Waals surface area contributed by atoms with Gasteiger partial charge in [0.1, 0.15) is 5.04 Å². The van der Waals surface area contributed by atoms with E-state index in [1.54, 1.807) is 0 Å². The normalized spacial score (nSPS) is 20.9. The molecule has 2 aliphatic heterocycles. The average molecular weight is 287 g/mol. The van der Waals surface area contributed by atoms with Crippen LogP contribution in [-0.4, -0.2) is 35.3 Å². The Bertz CT molecular complexity index is 539. The molecule has 1 spiro atoms. The van der Waals surface area contributed by atoms with E-state index in [0.29, 0.717) is 0 Å². The minimum atomic E-state index is -0.191. The van der Waals surface area contributed by atoms with Gasteiger partial charge in [-0.25, -0.2) is 4.99 Å². The van der Waals surface area contributed by atoms with Gasteiger partial charge in [0.25, 0.3) is 0 Å². The summed E-state index contributed by atoms with van der Waals surface area (Å²) in [6, 6.07) is 8.64. The molecule has 1 fully saturated rings. The number of rotatable bonds is 2. The second kappa shape index (κ2) is 5.70. The molecule has 0 bridgehead atoms. The van der Waals surface area contributed by atoms with Gasteiger partial charge in [-0.05, 0) is 25.8 Å². The zero-order valence-corrected chi connectivity index (χ0v) is 13.0. The minimum absolute atomic E-state index is 0.191. The number of hydrogen-bond donors (Lipinski definition) is 1. The van der Waals surface area contributed by atoms with Crippen molar-refractivity contribution in [2.75, 3.05) is 18.8 Å². The number of hydrogen-bond acceptors (Lipinski definition) is 4. The molecular weight excluding hydrogens is 266 g/mol. The van der Waals surface area contributed by atoms with Gasteiger partial charge in [0.15, 0.2) is 5.66 Å². The summed E-state index contributed by atoms with van der Waals surface area (Å²) in [6.45, 7) is 6.31. The van der Waals surface area contributed by atoms with Crippen LogP contribution in [0.25, 0.3) is 0 Å². The quantitative estimate of drug-likeness (QED) is 0.907. The smallest absolute Gasteiger partial charge is 0.154 e. The molecule has 0 atom stereocenters. The topological polar surface area (TPSA) is 36.8 Å². The van der Waals surface area contributed by atoms with Crippen LogP contribution >= 0.6 is 11.8 Å². The molecule has 1 aromatic rings. The van der Waals surface area contributed by atoms with Crippen LogP contribution in [0.5, 0.6) is 0 Å². The number of thioether (sulfide) groups is 1. The molecule has 3 rings (SSSR count). The maximum absolute atomic E-state index is 5.03. The number of aryl methyl sites for hydroxylation is 1. The van der Waals surface area contributed by atoms with Crippen molar-refractivity contribution in [2.45, 2.75) is 32.4 Å². The fourth-order valence-corrected chi connectivity index (χ4v) is 3.52. The van der Waals surface area contributed by atoms with Crippen LogP contribution in [0.3, 0.4) is 0 Å². The lowest BCUT2D eigenvalue weighted by atomic mass is 10.0. The third-order valence-electron chi connectivity index (χ3n) is 3.84. The number of piperidine rings is 1. The van der Waals surface area contributed by atoms with Crippen LogP contribution < -0.4 is 5.32 Å². The van der Waals surface area contributed by atoms with Gasteiger partial charge in [0.05, 0.1) is 5.71 Å². The van der Waals surface area contributed by atoms with Crippen LogP contribution in [-0.2, 0) is 0 Å². The zero-order valence-electron chi connectivity index (χ0n) is 12.1. The zero-order chi connectivity index (χ0) is 14.0. The Morgan fingerprint density at radius 3 is 2.50 bits per heavy atom. The van der Waals surface area contributed by atoms with Gasteiger partial charge in [-0.3, -0.25) is 4.99 Å². The van der Waals surface area contributed by atoms with Crippen molar-refractivity contribution < 1.29 is 0 Å². The SMILES string of the molecule is CCSC1=NC2(CCNCC2)N=C1c1ccc(C)cc1. The monoisotopic (exact) mass is 287 g/mol. The first-order valence-corrected chi connectivity index (χ1v) is 8.32. The lowest BCUT2D eigenvalue weighted by Gasteiger charge is -2.27. The molecule has 0 amide bonds. The Labute approximate surface area is 125 Å². The predicted molar refractivity (Wildman–Crippen MR) is 88.1 cm³/mol. The molecule has 4 heteroatoms. The Morgan fingerprint density at radius 2 is 1.85 bits per heavy atom. The van der Waals surface area contributed by atoms with E-state index >= 15 is 0 Å². The second-order valence-electron chi connectivity index (χ2n) is 5.41. The van der Waals surface area contributed by atoms with Crippen LogP contribution in [0.15, 0.2) is 34.3 Å². The molecule has 3 nitrogen and oxygen atoms in total.